The Morgan fingerprint density at radius 2 is 2.18 bits per heavy atom. The van der Waals surface area contributed by atoms with Gasteiger partial charge in [-0.2, -0.15) is 0 Å². The lowest BCUT2D eigenvalue weighted by atomic mass is 10.5. The van der Waals surface area contributed by atoms with Crippen molar-refractivity contribution in [1.29, 1.82) is 0 Å². The zero-order chi connectivity index (χ0) is 8.10. The minimum atomic E-state index is 0.449. The van der Waals surface area contributed by atoms with Gasteiger partial charge in [-0.05, 0) is 0 Å². The molecule has 1 aromatic rings. The molecule has 0 bridgehead atoms. The van der Waals surface area contributed by atoms with E-state index in [2.05, 4.69) is 10.2 Å². The maximum atomic E-state index is 5.55. The van der Waals surface area contributed by atoms with Gasteiger partial charge in [-0.3, -0.25) is 0 Å². The molecule has 5 heteroatoms. The third-order valence-corrected chi connectivity index (χ3v) is 2.54. The summed E-state index contributed by atoms with van der Waals surface area (Å²) in [6.07, 6.45) is 0.824. The lowest BCUT2D eigenvalue weighted by Crippen LogP contribution is -1.92. The Bertz CT molecular complexity index is 216. The molecule has 0 saturated carbocycles. The molecule has 0 saturated heterocycles. The van der Waals surface area contributed by atoms with Crippen LogP contribution in [-0.2, 0) is 17.0 Å². The monoisotopic (exact) mass is 192 g/mol. The number of ether oxygens (including phenoxy) is 1. The van der Waals surface area contributed by atoms with Gasteiger partial charge in [0.15, 0.2) is 0 Å². The fourth-order valence-corrected chi connectivity index (χ4v) is 1.53. The van der Waals surface area contributed by atoms with E-state index in [1.807, 2.05) is 0 Å². The zero-order valence-corrected chi connectivity index (χ0v) is 7.78. The fourth-order valence-electron chi connectivity index (χ4n) is 0.633. The summed E-state index contributed by atoms with van der Waals surface area (Å²) in [6.45, 7) is 0.691. The van der Waals surface area contributed by atoms with Gasteiger partial charge in [0.2, 0.25) is 0 Å². The lowest BCUT2D eigenvalue weighted by Gasteiger charge is -1.90. The van der Waals surface area contributed by atoms with E-state index in [4.69, 9.17) is 16.3 Å². The Hall–Kier alpha value is -0.190. The summed E-state index contributed by atoms with van der Waals surface area (Å²) in [5.74, 6) is 0.449. The van der Waals surface area contributed by atoms with Crippen molar-refractivity contribution in [2.45, 2.75) is 12.3 Å². The molecule has 0 atom stereocenters. The highest BCUT2D eigenvalue weighted by Gasteiger charge is 2.01. The SMILES string of the molecule is COCCc1nnc(CCl)s1. The minimum Gasteiger partial charge on any atom is -0.384 e. The fraction of sp³-hybridized carbons (Fsp3) is 0.667. The second-order valence-electron chi connectivity index (χ2n) is 1.97. The molecule has 0 amide bonds. The maximum Gasteiger partial charge on any atom is 0.132 e. The second kappa shape index (κ2) is 4.64. The molecule has 0 aromatic carbocycles. The van der Waals surface area contributed by atoms with Crippen molar-refractivity contribution in [3.63, 3.8) is 0 Å². The number of alkyl halides is 1. The van der Waals surface area contributed by atoms with E-state index in [1.165, 1.54) is 11.3 Å². The number of hydrogen-bond acceptors (Lipinski definition) is 4. The average molecular weight is 193 g/mol. The summed E-state index contributed by atoms with van der Waals surface area (Å²) >= 11 is 7.09. The third kappa shape index (κ3) is 2.73. The van der Waals surface area contributed by atoms with Gasteiger partial charge in [0.05, 0.1) is 12.5 Å². The van der Waals surface area contributed by atoms with Crippen LogP contribution in [0.2, 0.25) is 0 Å². The smallest absolute Gasteiger partial charge is 0.132 e. The molecule has 62 valence electrons. The average Bonchev–Trinajstić information content (AvgIpc) is 2.48. The number of aromatic nitrogens is 2. The normalized spacial score (nSPS) is 10.4. The Labute approximate surface area is 74.4 Å². The van der Waals surface area contributed by atoms with Gasteiger partial charge in [0, 0.05) is 13.5 Å². The number of nitrogens with zero attached hydrogens (tertiary/aromatic N) is 2. The molecule has 0 aliphatic carbocycles. The summed E-state index contributed by atoms with van der Waals surface area (Å²) in [6, 6.07) is 0. The van der Waals surface area contributed by atoms with E-state index in [0.717, 1.165) is 16.4 Å². The maximum absolute atomic E-state index is 5.55. The third-order valence-electron chi connectivity index (χ3n) is 1.14. The summed E-state index contributed by atoms with van der Waals surface area (Å²) in [7, 11) is 1.67. The molecular weight excluding hydrogens is 184 g/mol. The van der Waals surface area contributed by atoms with Crippen molar-refractivity contribution in [2.75, 3.05) is 13.7 Å². The van der Waals surface area contributed by atoms with Crippen LogP contribution in [0.1, 0.15) is 10.0 Å². The van der Waals surface area contributed by atoms with E-state index in [1.54, 1.807) is 7.11 Å². The highest BCUT2D eigenvalue weighted by Crippen LogP contribution is 2.11. The van der Waals surface area contributed by atoms with E-state index < -0.39 is 0 Å². The molecule has 3 nitrogen and oxygen atoms in total. The van der Waals surface area contributed by atoms with Crippen LogP contribution in [0.15, 0.2) is 0 Å². The number of methoxy groups -OCH3 is 1. The van der Waals surface area contributed by atoms with Gasteiger partial charge in [0.25, 0.3) is 0 Å². The summed E-state index contributed by atoms with van der Waals surface area (Å²) < 4.78 is 4.89. The van der Waals surface area contributed by atoms with Gasteiger partial charge in [0.1, 0.15) is 10.0 Å². The van der Waals surface area contributed by atoms with Crippen LogP contribution >= 0.6 is 22.9 Å². The summed E-state index contributed by atoms with van der Waals surface area (Å²) in [5, 5.41) is 9.66. The number of halogens is 1. The van der Waals surface area contributed by atoms with Gasteiger partial charge in [-0.15, -0.1) is 33.1 Å². The van der Waals surface area contributed by atoms with E-state index in [-0.39, 0.29) is 0 Å². The molecule has 0 radical (unpaired) electrons. The predicted molar refractivity (Wildman–Crippen MR) is 45.0 cm³/mol. The molecule has 0 unspecified atom stereocenters. The van der Waals surface area contributed by atoms with Crippen LogP contribution in [0, 0.1) is 0 Å². The van der Waals surface area contributed by atoms with Crippen molar-refractivity contribution in [2.24, 2.45) is 0 Å². The molecule has 1 aromatic heterocycles. The topological polar surface area (TPSA) is 35.0 Å². The summed E-state index contributed by atoms with van der Waals surface area (Å²) in [4.78, 5) is 0. The molecule has 0 aliphatic rings. The lowest BCUT2D eigenvalue weighted by molar-refractivity contribution is 0.202. The molecule has 0 aliphatic heterocycles. The van der Waals surface area contributed by atoms with Crippen LogP contribution in [0.25, 0.3) is 0 Å². The first-order valence-corrected chi connectivity index (χ1v) is 4.58. The van der Waals surface area contributed by atoms with Crippen LogP contribution in [0.4, 0.5) is 0 Å². The first-order chi connectivity index (χ1) is 5.36. The highest BCUT2D eigenvalue weighted by atomic mass is 35.5. The summed E-state index contributed by atoms with van der Waals surface area (Å²) in [5.41, 5.74) is 0. The molecule has 0 N–H and O–H groups in total. The van der Waals surface area contributed by atoms with Gasteiger partial charge < -0.3 is 4.74 Å². The van der Waals surface area contributed by atoms with Crippen molar-refractivity contribution in [3.05, 3.63) is 10.0 Å². The van der Waals surface area contributed by atoms with Crippen molar-refractivity contribution >= 4 is 22.9 Å². The largest absolute Gasteiger partial charge is 0.384 e. The van der Waals surface area contributed by atoms with E-state index in [9.17, 15) is 0 Å². The minimum absolute atomic E-state index is 0.449. The number of rotatable bonds is 4. The Kier molecular flexibility index (Phi) is 3.76. The molecule has 1 rings (SSSR count). The number of hydrogen-bond donors (Lipinski definition) is 0. The van der Waals surface area contributed by atoms with Crippen LogP contribution in [-0.4, -0.2) is 23.9 Å². The van der Waals surface area contributed by atoms with Crippen LogP contribution in [0.3, 0.4) is 0 Å². The standard InChI is InChI=1S/C6H9ClN2OS/c1-10-3-2-5-8-9-6(4-7)11-5/h2-4H2,1H3. The van der Waals surface area contributed by atoms with Gasteiger partial charge in [-0.25, -0.2) is 0 Å². The van der Waals surface area contributed by atoms with E-state index in [0.29, 0.717) is 12.5 Å². The Balaban J connectivity index is 2.44. The first-order valence-electron chi connectivity index (χ1n) is 3.23. The first kappa shape index (κ1) is 8.90. The van der Waals surface area contributed by atoms with E-state index >= 15 is 0 Å². The van der Waals surface area contributed by atoms with Gasteiger partial charge >= 0.3 is 0 Å². The molecule has 0 spiro atoms. The van der Waals surface area contributed by atoms with Crippen LogP contribution in [0.5, 0.6) is 0 Å². The Morgan fingerprint density at radius 3 is 2.73 bits per heavy atom. The zero-order valence-electron chi connectivity index (χ0n) is 6.21. The van der Waals surface area contributed by atoms with Crippen molar-refractivity contribution < 1.29 is 4.74 Å². The van der Waals surface area contributed by atoms with Crippen molar-refractivity contribution in [3.8, 4) is 0 Å². The van der Waals surface area contributed by atoms with Crippen LogP contribution < -0.4 is 0 Å². The molecule has 11 heavy (non-hydrogen) atoms. The van der Waals surface area contributed by atoms with Gasteiger partial charge in [-0.1, -0.05) is 0 Å². The predicted octanol–water partition coefficient (Wildman–Crippen LogP) is 1.47. The second-order valence-corrected chi connectivity index (χ2v) is 3.38. The van der Waals surface area contributed by atoms with Crippen molar-refractivity contribution in [1.82, 2.24) is 10.2 Å². The molecular formula is C6H9ClN2OS. The quantitative estimate of drug-likeness (QED) is 0.678. The molecule has 1 heterocycles. The highest BCUT2D eigenvalue weighted by molar-refractivity contribution is 7.11. The Morgan fingerprint density at radius 1 is 1.45 bits per heavy atom. The molecule has 0 fully saturated rings.